The molecular formula is C15H21N3O2. The Morgan fingerprint density at radius 3 is 2.70 bits per heavy atom. The summed E-state index contributed by atoms with van der Waals surface area (Å²) < 4.78 is 0. The van der Waals surface area contributed by atoms with E-state index in [0.717, 1.165) is 37.8 Å². The van der Waals surface area contributed by atoms with Gasteiger partial charge in [0.05, 0.1) is 0 Å². The van der Waals surface area contributed by atoms with E-state index in [1.54, 1.807) is 0 Å². The van der Waals surface area contributed by atoms with E-state index >= 15 is 0 Å². The minimum absolute atomic E-state index is 0.0169. The van der Waals surface area contributed by atoms with Crippen molar-refractivity contribution in [3.05, 3.63) is 35.9 Å². The minimum atomic E-state index is -0.705. The van der Waals surface area contributed by atoms with Crippen molar-refractivity contribution < 1.29 is 9.90 Å². The Balaban J connectivity index is 1.60. The summed E-state index contributed by atoms with van der Waals surface area (Å²) >= 11 is 0. The maximum atomic E-state index is 10.4. The Hall–Kier alpha value is -1.88. The van der Waals surface area contributed by atoms with Gasteiger partial charge in [-0.3, -0.25) is 9.80 Å². The summed E-state index contributed by atoms with van der Waals surface area (Å²) in [7, 11) is 0. The number of hydrogen-bond donors (Lipinski definition) is 2. The van der Waals surface area contributed by atoms with E-state index in [4.69, 9.17) is 5.11 Å². The van der Waals surface area contributed by atoms with Crippen LogP contribution in [0.15, 0.2) is 35.3 Å². The molecule has 1 aromatic carbocycles. The first kappa shape index (κ1) is 14.5. The molecule has 0 saturated carbocycles. The fourth-order valence-electron chi connectivity index (χ4n) is 2.20. The second-order valence-electron chi connectivity index (χ2n) is 4.96. The number of aliphatic carboxylic acids is 1. The smallest absolute Gasteiger partial charge is 0.303 e. The summed E-state index contributed by atoms with van der Waals surface area (Å²) in [5.74, 6) is -0.705. The van der Waals surface area contributed by atoms with Gasteiger partial charge in [-0.05, 0) is 18.4 Å². The van der Waals surface area contributed by atoms with E-state index in [1.165, 1.54) is 0 Å². The molecule has 1 unspecified atom stereocenters. The quantitative estimate of drug-likeness (QED) is 0.716. The van der Waals surface area contributed by atoms with Gasteiger partial charge in [-0.2, -0.15) is 0 Å². The fraction of sp³-hybridized carbons (Fsp3) is 0.467. The van der Waals surface area contributed by atoms with Crippen LogP contribution in [-0.4, -0.2) is 29.0 Å². The number of hydrazine groups is 1. The van der Waals surface area contributed by atoms with Crippen LogP contribution in [-0.2, 0) is 4.79 Å². The molecule has 2 N–H and O–H groups in total. The van der Waals surface area contributed by atoms with Gasteiger partial charge in [-0.1, -0.05) is 43.2 Å². The number of carbonyl (C=O) groups is 1. The third kappa shape index (κ3) is 4.66. The summed E-state index contributed by atoms with van der Waals surface area (Å²) in [4.78, 5) is 14.8. The average molecular weight is 275 g/mol. The van der Waals surface area contributed by atoms with E-state index in [9.17, 15) is 4.79 Å². The van der Waals surface area contributed by atoms with Gasteiger partial charge in [0.1, 0.15) is 12.5 Å². The molecule has 5 nitrogen and oxygen atoms in total. The third-order valence-corrected chi connectivity index (χ3v) is 3.30. The molecular weight excluding hydrogens is 254 g/mol. The number of carboxylic acids is 1. The number of nitrogens with zero attached hydrogens (tertiary/aromatic N) is 2. The van der Waals surface area contributed by atoms with Crippen molar-refractivity contribution in [3.8, 4) is 0 Å². The fourth-order valence-corrected chi connectivity index (χ4v) is 2.20. The molecule has 108 valence electrons. The molecule has 0 spiro atoms. The highest BCUT2D eigenvalue weighted by Gasteiger charge is 2.16. The molecule has 0 fully saturated rings. The highest BCUT2D eigenvalue weighted by atomic mass is 16.4. The molecule has 1 aliphatic rings. The lowest BCUT2D eigenvalue weighted by Crippen LogP contribution is -2.34. The van der Waals surface area contributed by atoms with Crippen LogP contribution < -0.4 is 5.43 Å². The predicted octanol–water partition coefficient (Wildman–Crippen LogP) is 2.57. The summed E-state index contributed by atoms with van der Waals surface area (Å²) in [6.45, 7) is 0.903. The number of aliphatic imine (C=N–C) groups is 1. The maximum Gasteiger partial charge on any atom is 0.303 e. The van der Waals surface area contributed by atoms with Crippen molar-refractivity contribution in [2.75, 3.05) is 6.54 Å². The molecule has 5 heteroatoms. The van der Waals surface area contributed by atoms with Crippen LogP contribution in [0.4, 0.5) is 0 Å². The second kappa shape index (κ2) is 7.65. The van der Waals surface area contributed by atoms with Gasteiger partial charge >= 0.3 is 5.97 Å². The van der Waals surface area contributed by atoms with E-state index in [1.807, 2.05) is 29.5 Å². The topological polar surface area (TPSA) is 64.9 Å². The molecule has 1 atom stereocenters. The van der Waals surface area contributed by atoms with Gasteiger partial charge in [-0.15, -0.1) is 0 Å². The van der Waals surface area contributed by atoms with Crippen LogP contribution >= 0.6 is 0 Å². The van der Waals surface area contributed by atoms with Gasteiger partial charge in [0.25, 0.3) is 0 Å². The minimum Gasteiger partial charge on any atom is -0.481 e. The Kier molecular flexibility index (Phi) is 5.55. The van der Waals surface area contributed by atoms with E-state index in [2.05, 4.69) is 22.6 Å². The average Bonchev–Trinajstić information content (AvgIpc) is 2.92. The summed E-state index contributed by atoms with van der Waals surface area (Å²) in [5, 5.41) is 10.6. The first-order valence-corrected chi connectivity index (χ1v) is 7.08. The first-order chi connectivity index (χ1) is 9.75. The largest absolute Gasteiger partial charge is 0.481 e. The first-order valence-electron chi connectivity index (χ1n) is 7.08. The number of rotatable bonds is 8. The van der Waals surface area contributed by atoms with Crippen molar-refractivity contribution in [3.63, 3.8) is 0 Å². The summed E-state index contributed by atoms with van der Waals surface area (Å²) in [6, 6.07) is 10.1. The van der Waals surface area contributed by atoms with E-state index in [-0.39, 0.29) is 12.6 Å². The van der Waals surface area contributed by atoms with Crippen molar-refractivity contribution >= 4 is 12.3 Å². The summed E-state index contributed by atoms with van der Waals surface area (Å²) in [5.41, 5.74) is 4.49. The molecule has 0 bridgehead atoms. The predicted molar refractivity (Wildman–Crippen MR) is 78.2 cm³/mol. The van der Waals surface area contributed by atoms with Crippen LogP contribution in [0, 0.1) is 0 Å². The zero-order chi connectivity index (χ0) is 14.2. The maximum absolute atomic E-state index is 10.4. The second-order valence-corrected chi connectivity index (χ2v) is 4.96. The van der Waals surface area contributed by atoms with Gasteiger partial charge in [0, 0.05) is 13.0 Å². The molecule has 0 amide bonds. The number of unbranched alkanes of at least 4 members (excludes halogenated alkanes) is 3. The number of carboxylic acid groups (broad SMARTS) is 1. The number of benzene rings is 1. The van der Waals surface area contributed by atoms with Gasteiger partial charge in [0.2, 0.25) is 0 Å². The summed E-state index contributed by atoms with van der Waals surface area (Å²) in [6.07, 6.45) is 5.97. The SMILES string of the molecule is O=C(O)CCCCCCN1C=NC(c2ccccc2)N1. The van der Waals surface area contributed by atoms with Gasteiger partial charge < -0.3 is 5.11 Å². The van der Waals surface area contributed by atoms with Crippen molar-refractivity contribution in [2.24, 2.45) is 4.99 Å². The van der Waals surface area contributed by atoms with Crippen molar-refractivity contribution in [1.29, 1.82) is 0 Å². The molecule has 0 saturated heterocycles. The monoisotopic (exact) mass is 275 g/mol. The van der Waals surface area contributed by atoms with E-state index < -0.39 is 5.97 Å². The number of nitrogens with one attached hydrogen (secondary N) is 1. The van der Waals surface area contributed by atoms with Crippen molar-refractivity contribution in [1.82, 2.24) is 10.4 Å². The number of hydrogen-bond acceptors (Lipinski definition) is 4. The van der Waals surface area contributed by atoms with Gasteiger partial charge in [0.15, 0.2) is 0 Å². The zero-order valence-corrected chi connectivity index (χ0v) is 11.5. The highest BCUT2D eigenvalue weighted by Crippen LogP contribution is 2.17. The van der Waals surface area contributed by atoms with Crippen LogP contribution in [0.1, 0.15) is 43.8 Å². The lowest BCUT2D eigenvalue weighted by molar-refractivity contribution is -0.137. The molecule has 1 heterocycles. The zero-order valence-electron chi connectivity index (χ0n) is 11.5. The molecule has 2 rings (SSSR count). The molecule has 0 aromatic heterocycles. The molecule has 1 aromatic rings. The molecule has 1 aliphatic heterocycles. The van der Waals surface area contributed by atoms with Crippen LogP contribution in [0.5, 0.6) is 0 Å². The highest BCUT2D eigenvalue weighted by molar-refractivity contribution is 5.66. The lowest BCUT2D eigenvalue weighted by atomic mass is 10.1. The molecule has 0 radical (unpaired) electrons. The van der Waals surface area contributed by atoms with E-state index in [0.29, 0.717) is 0 Å². The Morgan fingerprint density at radius 2 is 1.95 bits per heavy atom. The van der Waals surface area contributed by atoms with Crippen molar-refractivity contribution in [2.45, 2.75) is 38.3 Å². The third-order valence-electron chi connectivity index (χ3n) is 3.30. The Bertz CT molecular complexity index is 448. The molecule has 0 aliphatic carbocycles. The lowest BCUT2D eigenvalue weighted by Gasteiger charge is -2.17. The van der Waals surface area contributed by atoms with Crippen LogP contribution in [0.2, 0.25) is 0 Å². The van der Waals surface area contributed by atoms with Crippen LogP contribution in [0.3, 0.4) is 0 Å². The van der Waals surface area contributed by atoms with Gasteiger partial charge in [-0.25, -0.2) is 10.4 Å². The van der Waals surface area contributed by atoms with Crippen LogP contribution in [0.25, 0.3) is 0 Å². The molecule has 20 heavy (non-hydrogen) atoms. The Morgan fingerprint density at radius 1 is 1.20 bits per heavy atom. The Labute approximate surface area is 119 Å². The normalized spacial score (nSPS) is 17.6. The standard InChI is InChI=1S/C15H21N3O2/c19-14(20)10-6-1-2-7-11-18-12-16-15(17-18)13-8-4-3-5-9-13/h3-5,8-9,12,15,17H,1-2,6-7,10-11H2,(H,19,20).